The first-order valence-corrected chi connectivity index (χ1v) is 9.61. The lowest BCUT2D eigenvalue weighted by Crippen LogP contribution is -2.56. The van der Waals surface area contributed by atoms with E-state index in [1.807, 2.05) is 13.8 Å². The number of esters is 1. The predicted molar refractivity (Wildman–Crippen MR) is 96.5 cm³/mol. The number of aliphatic carboxylic acids is 1. The molecule has 6 nitrogen and oxygen atoms in total. The SMILES string of the molecule is C=C1C[C@]23C[C@@]1(O)CC[C@H]2[C@]1(OC(C)=O)C=C[C@H](O)C(C)(C)C1[C@@H]3C(=O)O. The third-order valence-electron chi connectivity index (χ3n) is 8.04. The minimum absolute atomic E-state index is 0.234. The van der Waals surface area contributed by atoms with Crippen molar-refractivity contribution in [3.63, 3.8) is 0 Å². The number of hydrogen-bond acceptors (Lipinski definition) is 5. The molecule has 1 spiro atoms. The van der Waals surface area contributed by atoms with Crippen molar-refractivity contribution in [3.8, 4) is 0 Å². The average Bonchev–Trinajstić information content (AvgIpc) is 2.89. The Kier molecular flexibility index (Phi) is 3.62. The zero-order valence-electron chi connectivity index (χ0n) is 16.1. The highest BCUT2D eigenvalue weighted by Gasteiger charge is 2.78. The number of hydrogen-bond donors (Lipinski definition) is 3. The van der Waals surface area contributed by atoms with Gasteiger partial charge >= 0.3 is 11.9 Å². The Balaban J connectivity index is 1.99. The van der Waals surface area contributed by atoms with Gasteiger partial charge in [0.1, 0.15) is 5.60 Å². The molecule has 6 heteroatoms. The molecule has 2 bridgehead atoms. The molecule has 4 aliphatic carbocycles. The summed E-state index contributed by atoms with van der Waals surface area (Å²) < 4.78 is 5.94. The van der Waals surface area contributed by atoms with Gasteiger partial charge in [0.05, 0.1) is 17.6 Å². The fourth-order valence-corrected chi connectivity index (χ4v) is 7.11. The lowest BCUT2D eigenvalue weighted by Gasteiger charge is -2.50. The van der Waals surface area contributed by atoms with E-state index in [9.17, 15) is 24.9 Å². The van der Waals surface area contributed by atoms with Crippen LogP contribution in [0.4, 0.5) is 0 Å². The van der Waals surface area contributed by atoms with Crippen LogP contribution in [0.1, 0.15) is 46.5 Å². The maximum atomic E-state index is 12.6. The number of aliphatic hydroxyl groups is 2. The van der Waals surface area contributed by atoms with Crippen molar-refractivity contribution in [2.45, 2.75) is 63.8 Å². The molecule has 0 radical (unpaired) electrons. The van der Waals surface area contributed by atoms with Crippen molar-refractivity contribution in [1.29, 1.82) is 0 Å². The minimum atomic E-state index is -1.09. The molecule has 3 fully saturated rings. The van der Waals surface area contributed by atoms with Gasteiger partial charge in [-0.1, -0.05) is 26.5 Å². The highest BCUT2D eigenvalue weighted by Crippen LogP contribution is 2.75. The van der Waals surface area contributed by atoms with Crippen LogP contribution in [0, 0.1) is 28.6 Å². The number of aliphatic hydroxyl groups excluding tert-OH is 1. The van der Waals surface area contributed by atoms with Crippen LogP contribution >= 0.6 is 0 Å². The summed E-state index contributed by atoms with van der Waals surface area (Å²) >= 11 is 0. The van der Waals surface area contributed by atoms with E-state index in [1.165, 1.54) is 6.92 Å². The quantitative estimate of drug-likeness (QED) is 0.503. The van der Waals surface area contributed by atoms with Crippen LogP contribution in [0.3, 0.4) is 0 Å². The number of carbonyl (C=O) groups excluding carboxylic acids is 1. The fraction of sp³-hybridized carbons (Fsp3) is 0.714. The summed E-state index contributed by atoms with van der Waals surface area (Å²) in [6.45, 7) is 9.06. The standard InChI is InChI=1S/C21H28O6/c1-11-9-19-10-20(11,26)7-5-13(19)21(27-12(2)22)8-6-14(23)18(3,4)16(21)15(19)17(24)25/h6,8,13-16,23,26H,1,5,7,9-10H2,2-4H3,(H,24,25)/t13-,14+,15-,16?,19+,20+,21-/m1/s1. The van der Waals surface area contributed by atoms with Crippen LogP contribution in [0.5, 0.6) is 0 Å². The van der Waals surface area contributed by atoms with Crippen LogP contribution < -0.4 is 0 Å². The number of rotatable bonds is 2. The van der Waals surface area contributed by atoms with E-state index < -0.39 is 51.9 Å². The van der Waals surface area contributed by atoms with Gasteiger partial charge in [0.25, 0.3) is 0 Å². The van der Waals surface area contributed by atoms with Crippen LogP contribution in [-0.2, 0) is 14.3 Å². The highest BCUT2D eigenvalue weighted by molar-refractivity contribution is 5.75. The van der Waals surface area contributed by atoms with Gasteiger partial charge in [-0.25, -0.2) is 0 Å². The normalized spacial score (nSPS) is 49.4. The van der Waals surface area contributed by atoms with Gasteiger partial charge in [0, 0.05) is 24.2 Å². The van der Waals surface area contributed by atoms with Crippen molar-refractivity contribution in [2.24, 2.45) is 28.6 Å². The van der Waals surface area contributed by atoms with E-state index in [1.54, 1.807) is 12.2 Å². The van der Waals surface area contributed by atoms with Crippen molar-refractivity contribution in [3.05, 3.63) is 24.3 Å². The molecule has 0 saturated heterocycles. The third-order valence-corrected chi connectivity index (χ3v) is 8.04. The van der Waals surface area contributed by atoms with E-state index in [0.29, 0.717) is 31.3 Å². The van der Waals surface area contributed by atoms with Gasteiger partial charge in [0.15, 0.2) is 0 Å². The fourth-order valence-electron chi connectivity index (χ4n) is 7.11. The lowest BCUT2D eigenvalue weighted by atomic mass is 9.60. The van der Waals surface area contributed by atoms with Crippen LogP contribution in [0.2, 0.25) is 0 Å². The van der Waals surface area contributed by atoms with Crippen molar-refractivity contribution < 1.29 is 29.6 Å². The molecular formula is C21H28O6. The summed E-state index contributed by atoms with van der Waals surface area (Å²) in [5.74, 6) is -3.10. The second-order valence-electron chi connectivity index (χ2n) is 9.68. The Morgan fingerprint density at radius 2 is 2.00 bits per heavy atom. The molecule has 3 N–H and O–H groups in total. The second-order valence-corrected chi connectivity index (χ2v) is 9.68. The molecule has 27 heavy (non-hydrogen) atoms. The molecule has 1 unspecified atom stereocenters. The predicted octanol–water partition coefficient (Wildman–Crippen LogP) is 2.05. The first-order chi connectivity index (χ1) is 12.4. The van der Waals surface area contributed by atoms with Crippen LogP contribution in [-0.4, -0.2) is 44.6 Å². The minimum Gasteiger partial charge on any atom is -0.481 e. The monoisotopic (exact) mass is 376 g/mol. The Bertz CT molecular complexity index is 769. The highest BCUT2D eigenvalue weighted by atomic mass is 16.6. The molecule has 148 valence electrons. The summed E-state index contributed by atoms with van der Waals surface area (Å²) in [4.78, 5) is 24.7. The Morgan fingerprint density at radius 3 is 2.59 bits per heavy atom. The molecule has 0 aromatic heterocycles. The average molecular weight is 376 g/mol. The number of carbonyl (C=O) groups is 2. The molecule has 4 rings (SSSR count). The number of carboxylic acid groups (broad SMARTS) is 1. The zero-order chi connectivity index (χ0) is 20.0. The van der Waals surface area contributed by atoms with Gasteiger partial charge in [-0.05, 0) is 42.7 Å². The number of carboxylic acids is 1. The molecule has 0 aromatic rings. The number of ether oxygens (including phenoxy) is 1. The maximum absolute atomic E-state index is 12.6. The molecular weight excluding hydrogens is 348 g/mol. The molecule has 3 saturated carbocycles. The third kappa shape index (κ3) is 2.08. The maximum Gasteiger partial charge on any atom is 0.307 e. The first-order valence-electron chi connectivity index (χ1n) is 9.61. The van der Waals surface area contributed by atoms with E-state index >= 15 is 0 Å². The summed E-state index contributed by atoms with van der Waals surface area (Å²) in [6, 6.07) is 0. The van der Waals surface area contributed by atoms with Gasteiger partial charge < -0.3 is 20.1 Å². The van der Waals surface area contributed by atoms with Crippen molar-refractivity contribution in [2.75, 3.05) is 0 Å². The van der Waals surface area contributed by atoms with Gasteiger partial charge in [-0.3, -0.25) is 9.59 Å². The van der Waals surface area contributed by atoms with Crippen LogP contribution in [0.15, 0.2) is 24.3 Å². The second kappa shape index (κ2) is 5.23. The van der Waals surface area contributed by atoms with E-state index in [2.05, 4.69) is 6.58 Å². The van der Waals surface area contributed by atoms with E-state index in [4.69, 9.17) is 4.74 Å². The molecule has 0 aliphatic heterocycles. The molecule has 0 heterocycles. The van der Waals surface area contributed by atoms with Gasteiger partial charge in [0.2, 0.25) is 0 Å². The smallest absolute Gasteiger partial charge is 0.307 e. The molecule has 4 aliphatic rings. The summed E-state index contributed by atoms with van der Waals surface area (Å²) in [5.41, 5.74) is -3.01. The summed E-state index contributed by atoms with van der Waals surface area (Å²) in [5, 5.41) is 32.0. The van der Waals surface area contributed by atoms with E-state index in [-0.39, 0.29) is 5.92 Å². The largest absolute Gasteiger partial charge is 0.481 e. The van der Waals surface area contributed by atoms with Crippen molar-refractivity contribution >= 4 is 11.9 Å². The lowest BCUT2D eigenvalue weighted by molar-refractivity contribution is -0.176. The van der Waals surface area contributed by atoms with Gasteiger partial charge in [-0.15, -0.1) is 0 Å². The van der Waals surface area contributed by atoms with Crippen LogP contribution in [0.25, 0.3) is 0 Å². The first kappa shape index (κ1) is 18.7. The zero-order valence-corrected chi connectivity index (χ0v) is 16.1. The van der Waals surface area contributed by atoms with Crippen molar-refractivity contribution in [1.82, 2.24) is 0 Å². The summed E-state index contributed by atoms with van der Waals surface area (Å²) in [6.07, 6.45) is 4.30. The molecule has 0 aromatic carbocycles. The topological polar surface area (TPSA) is 104 Å². The Morgan fingerprint density at radius 1 is 1.33 bits per heavy atom. The Hall–Kier alpha value is -1.66. The van der Waals surface area contributed by atoms with E-state index in [0.717, 1.165) is 0 Å². The molecule has 7 atom stereocenters. The molecule has 0 amide bonds. The van der Waals surface area contributed by atoms with Gasteiger partial charge in [-0.2, -0.15) is 0 Å². The Labute approximate surface area is 158 Å². The number of fused-ring (bicyclic) bond motifs is 3. The summed E-state index contributed by atoms with van der Waals surface area (Å²) in [7, 11) is 0.